The van der Waals surface area contributed by atoms with Gasteiger partial charge in [0, 0.05) is 10.7 Å². The van der Waals surface area contributed by atoms with E-state index >= 15 is 0 Å². The molecule has 3 aromatic rings. The van der Waals surface area contributed by atoms with Crippen molar-refractivity contribution in [2.45, 2.75) is 0 Å². The third-order valence-corrected chi connectivity index (χ3v) is 3.55. The molecule has 0 saturated heterocycles. The lowest BCUT2D eigenvalue weighted by atomic mass is 10.2. The summed E-state index contributed by atoms with van der Waals surface area (Å²) in [6, 6.07) is 11.0. The number of rotatable bonds is 3. The van der Waals surface area contributed by atoms with Crippen LogP contribution in [-0.2, 0) is 0 Å². The molecule has 0 fully saturated rings. The van der Waals surface area contributed by atoms with Gasteiger partial charge in [0.1, 0.15) is 17.6 Å². The van der Waals surface area contributed by atoms with Crippen molar-refractivity contribution in [3.8, 4) is 5.75 Å². The number of hydrogen-bond donors (Lipinski definition) is 2. The van der Waals surface area contributed by atoms with Crippen molar-refractivity contribution in [1.82, 2.24) is 9.66 Å². The highest BCUT2D eigenvalue weighted by atomic mass is 35.5. The number of urea groups is 1. The first-order valence-electron chi connectivity index (χ1n) is 6.96. The highest BCUT2D eigenvalue weighted by Crippen LogP contribution is 2.19. The fourth-order valence-electron chi connectivity index (χ4n) is 2.17. The van der Waals surface area contributed by atoms with Crippen molar-refractivity contribution >= 4 is 34.2 Å². The smallest absolute Gasteiger partial charge is 0.338 e. The maximum Gasteiger partial charge on any atom is 0.338 e. The summed E-state index contributed by atoms with van der Waals surface area (Å²) in [5, 5.41) is 3.49. The normalized spacial score (nSPS) is 10.4. The van der Waals surface area contributed by atoms with E-state index in [1.165, 1.54) is 13.4 Å². The molecule has 8 heteroatoms. The number of aromatic nitrogens is 2. The molecule has 0 aliphatic rings. The van der Waals surface area contributed by atoms with Crippen molar-refractivity contribution in [2.24, 2.45) is 0 Å². The van der Waals surface area contributed by atoms with Crippen molar-refractivity contribution in [3.05, 3.63) is 64.2 Å². The Labute approximate surface area is 141 Å². The summed E-state index contributed by atoms with van der Waals surface area (Å²) in [5.41, 5.74) is 2.98. The number of benzene rings is 2. The predicted octanol–water partition coefficient (Wildman–Crippen LogP) is 2.83. The third-order valence-electron chi connectivity index (χ3n) is 3.29. The molecule has 122 valence electrons. The number of hydrogen-bond acceptors (Lipinski definition) is 4. The number of para-hydroxylation sites is 1. The van der Waals surface area contributed by atoms with Crippen LogP contribution in [0.5, 0.6) is 5.75 Å². The molecule has 1 aromatic heterocycles. The van der Waals surface area contributed by atoms with Gasteiger partial charge in [-0.3, -0.25) is 4.79 Å². The van der Waals surface area contributed by atoms with Gasteiger partial charge in [0.05, 0.1) is 12.5 Å². The number of halogens is 1. The zero-order valence-corrected chi connectivity index (χ0v) is 13.4. The Balaban J connectivity index is 1.85. The van der Waals surface area contributed by atoms with Gasteiger partial charge in [-0.05, 0) is 36.4 Å². The van der Waals surface area contributed by atoms with E-state index in [4.69, 9.17) is 16.3 Å². The van der Waals surface area contributed by atoms with Crippen molar-refractivity contribution in [3.63, 3.8) is 0 Å². The second kappa shape index (κ2) is 6.59. The Morgan fingerprint density at radius 1 is 1.21 bits per heavy atom. The first-order chi connectivity index (χ1) is 11.6. The van der Waals surface area contributed by atoms with E-state index in [1.54, 1.807) is 42.5 Å². The maximum absolute atomic E-state index is 12.4. The Kier molecular flexibility index (Phi) is 4.35. The summed E-state index contributed by atoms with van der Waals surface area (Å²) in [6.45, 7) is 0. The van der Waals surface area contributed by atoms with Crippen LogP contribution in [0.4, 0.5) is 10.5 Å². The van der Waals surface area contributed by atoms with Gasteiger partial charge in [-0.2, -0.15) is 0 Å². The molecule has 0 unspecified atom stereocenters. The molecule has 3 rings (SSSR count). The van der Waals surface area contributed by atoms with Crippen LogP contribution in [0.25, 0.3) is 10.9 Å². The minimum Gasteiger partial charge on any atom is -0.494 e. The van der Waals surface area contributed by atoms with Gasteiger partial charge < -0.3 is 10.1 Å². The average Bonchev–Trinajstić information content (AvgIpc) is 2.59. The molecular weight excluding hydrogens is 332 g/mol. The molecule has 1 heterocycles. The van der Waals surface area contributed by atoms with Crippen LogP contribution in [0, 0.1) is 0 Å². The molecule has 0 spiro atoms. The van der Waals surface area contributed by atoms with Gasteiger partial charge in [0.15, 0.2) is 0 Å². The van der Waals surface area contributed by atoms with E-state index in [0.29, 0.717) is 27.4 Å². The number of nitrogens with zero attached hydrogens (tertiary/aromatic N) is 2. The first-order valence-corrected chi connectivity index (χ1v) is 7.34. The molecule has 0 radical (unpaired) electrons. The fourth-order valence-corrected chi connectivity index (χ4v) is 2.30. The molecule has 0 atom stereocenters. The number of anilines is 1. The number of fused-ring (bicyclic) bond motifs is 1. The zero-order valence-electron chi connectivity index (χ0n) is 12.6. The van der Waals surface area contributed by atoms with Crippen LogP contribution in [0.1, 0.15) is 0 Å². The number of carbonyl (C=O) groups excluding carboxylic acids is 1. The SMILES string of the molecule is COc1cccc2c(=O)n(NC(=O)Nc3ccc(Cl)cc3)cnc12. The summed E-state index contributed by atoms with van der Waals surface area (Å²) in [6.07, 6.45) is 1.23. The van der Waals surface area contributed by atoms with Crippen LogP contribution in [-0.4, -0.2) is 22.8 Å². The van der Waals surface area contributed by atoms with E-state index in [0.717, 1.165) is 4.68 Å². The Bertz CT molecular complexity index is 954. The molecule has 2 amide bonds. The molecule has 0 aliphatic heterocycles. The number of carbonyl (C=O) groups is 1. The lowest BCUT2D eigenvalue weighted by Gasteiger charge is -2.11. The average molecular weight is 345 g/mol. The highest BCUT2D eigenvalue weighted by molar-refractivity contribution is 6.30. The van der Waals surface area contributed by atoms with Gasteiger partial charge in [-0.15, -0.1) is 0 Å². The second-order valence-corrected chi connectivity index (χ2v) is 5.29. The van der Waals surface area contributed by atoms with Crippen LogP contribution in [0.3, 0.4) is 0 Å². The van der Waals surface area contributed by atoms with E-state index in [1.807, 2.05) is 0 Å². The second-order valence-electron chi connectivity index (χ2n) is 4.85. The standard InChI is InChI=1S/C16H13ClN4O3/c1-24-13-4-2-3-12-14(13)18-9-21(15(12)22)20-16(23)19-11-7-5-10(17)6-8-11/h2-9H,1H3,(H2,19,20,23). The minimum atomic E-state index is -0.580. The zero-order chi connectivity index (χ0) is 17.1. The van der Waals surface area contributed by atoms with Gasteiger partial charge >= 0.3 is 6.03 Å². The number of methoxy groups -OCH3 is 1. The van der Waals surface area contributed by atoms with Crippen molar-refractivity contribution < 1.29 is 9.53 Å². The van der Waals surface area contributed by atoms with E-state index in [9.17, 15) is 9.59 Å². The molecule has 2 N–H and O–H groups in total. The van der Waals surface area contributed by atoms with E-state index in [2.05, 4.69) is 15.7 Å². The Hall–Kier alpha value is -3.06. The van der Waals surface area contributed by atoms with Crippen LogP contribution >= 0.6 is 11.6 Å². The van der Waals surface area contributed by atoms with Crippen molar-refractivity contribution in [2.75, 3.05) is 17.9 Å². The molecule has 24 heavy (non-hydrogen) atoms. The first kappa shape index (κ1) is 15.8. The molecule has 7 nitrogen and oxygen atoms in total. The third kappa shape index (κ3) is 3.16. The molecule has 0 aliphatic carbocycles. The lowest BCUT2D eigenvalue weighted by Crippen LogP contribution is -2.35. The molecule has 0 bridgehead atoms. The molecule has 2 aromatic carbocycles. The van der Waals surface area contributed by atoms with Gasteiger partial charge in [-0.1, -0.05) is 17.7 Å². The number of nitrogens with one attached hydrogen (secondary N) is 2. The number of amides is 2. The van der Waals surface area contributed by atoms with Crippen LogP contribution in [0.2, 0.25) is 5.02 Å². The number of ether oxygens (including phenoxy) is 1. The van der Waals surface area contributed by atoms with E-state index < -0.39 is 11.6 Å². The van der Waals surface area contributed by atoms with Gasteiger partial charge in [0.2, 0.25) is 0 Å². The Morgan fingerprint density at radius 3 is 2.67 bits per heavy atom. The summed E-state index contributed by atoms with van der Waals surface area (Å²) in [4.78, 5) is 28.6. The van der Waals surface area contributed by atoms with Gasteiger partial charge in [0.25, 0.3) is 5.56 Å². The largest absolute Gasteiger partial charge is 0.494 e. The molecule has 0 saturated carbocycles. The highest BCUT2D eigenvalue weighted by Gasteiger charge is 2.10. The fraction of sp³-hybridized carbons (Fsp3) is 0.0625. The molecular formula is C16H13ClN4O3. The Morgan fingerprint density at radius 2 is 1.96 bits per heavy atom. The summed E-state index contributed by atoms with van der Waals surface area (Å²) in [5.74, 6) is 0.488. The monoisotopic (exact) mass is 344 g/mol. The minimum absolute atomic E-state index is 0.337. The quantitative estimate of drug-likeness (QED) is 0.765. The topological polar surface area (TPSA) is 85.2 Å². The van der Waals surface area contributed by atoms with Gasteiger partial charge in [-0.25, -0.2) is 19.9 Å². The predicted molar refractivity (Wildman–Crippen MR) is 92.4 cm³/mol. The van der Waals surface area contributed by atoms with E-state index in [-0.39, 0.29) is 0 Å². The summed E-state index contributed by atoms with van der Waals surface area (Å²) in [7, 11) is 1.50. The van der Waals surface area contributed by atoms with Crippen LogP contribution < -0.4 is 21.0 Å². The summed E-state index contributed by atoms with van der Waals surface area (Å²) >= 11 is 5.79. The van der Waals surface area contributed by atoms with Crippen LogP contribution in [0.15, 0.2) is 53.6 Å². The maximum atomic E-state index is 12.4. The lowest BCUT2D eigenvalue weighted by molar-refractivity contribution is 0.259. The summed E-state index contributed by atoms with van der Waals surface area (Å²) < 4.78 is 6.18. The van der Waals surface area contributed by atoms with Crippen molar-refractivity contribution in [1.29, 1.82) is 0 Å².